The van der Waals surface area contributed by atoms with E-state index in [0.29, 0.717) is 17.8 Å². The lowest BCUT2D eigenvalue weighted by Gasteiger charge is -2.57. The van der Waals surface area contributed by atoms with Gasteiger partial charge in [-0.2, -0.15) is 0 Å². The molecule has 0 radical (unpaired) electrons. The largest absolute Gasteiger partial charge is 0.480 e. The Labute approximate surface area is 201 Å². The molecular formula is C26H38N2O6. The first-order chi connectivity index (χ1) is 16.1. The van der Waals surface area contributed by atoms with Crippen LogP contribution < -0.4 is 0 Å². The quantitative estimate of drug-likeness (QED) is 0.539. The number of oxime groups is 1. The fourth-order valence-corrected chi connectivity index (χ4v) is 8.19. The molecule has 188 valence electrons. The zero-order chi connectivity index (χ0) is 24.3. The molecule has 4 fully saturated rings. The van der Waals surface area contributed by atoms with Gasteiger partial charge in [0.2, 0.25) is 0 Å². The summed E-state index contributed by atoms with van der Waals surface area (Å²) in [6, 6.07) is -1.01. The van der Waals surface area contributed by atoms with Crippen LogP contribution in [0.2, 0.25) is 0 Å². The van der Waals surface area contributed by atoms with Crippen LogP contribution in [-0.2, 0) is 14.4 Å². The average Bonchev–Trinajstić information content (AvgIpc) is 3.33. The second kappa shape index (κ2) is 8.63. The Kier molecular flexibility index (Phi) is 6.04. The van der Waals surface area contributed by atoms with Crippen molar-refractivity contribution in [3.63, 3.8) is 0 Å². The van der Waals surface area contributed by atoms with Gasteiger partial charge in [-0.15, -0.1) is 0 Å². The minimum Gasteiger partial charge on any atom is -0.480 e. The van der Waals surface area contributed by atoms with Gasteiger partial charge in [0, 0.05) is 13.0 Å². The molecule has 0 spiro atoms. The molecule has 4 aliphatic carbocycles. The van der Waals surface area contributed by atoms with Crippen LogP contribution in [0.1, 0.15) is 71.6 Å². The first-order valence-electron chi connectivity index (χ1n) is 12.9. The van der Waals surface area contributed by atoms with Crippen molar-refractivity contribution in [2.75, 3.05) is 13.2 Å². The van der Waals surface area contributed by atoms with Crippen molar-refractivity contribution in [1.82, 2.24) is 4.90 Å². The van der Waals surface area contributed by atoms with E-state index in [1.54, 1.807) is 0 Å². The van der Waals surface area contributed by atoms with E-state index in [1.807, 2.05) is 0 Å². The molecule has 5 rings (SSSR count). The third-order valence-corrected chi connectivity index (χ3v) is 10.2. The summed E-state index contributed by atoms with van der Waals surface area (Å²) in [6.07, 6.45) is 9.64. The minimum absolute atomic E-state index is 0.0117. The number of β-amino-alcohol motifs (C(OH)–C–C–N with tert-alkyl or cyclic N) is 1. The highest BCUT2D eigenvalue weighted by Gasteiger charge is 2.58. The van der Waals surface area contributed by atoms with E-state index in [-0.39, 0.29) is 36.5 Å². The number of aliphatic hydroxyl groups excluding tert-OH is 2. The number of nitrogens with zero attached hydrogens (tertiary/aromatic N) is 2. The van der Waals surface area contributed by atoms with Crippen LogP contribution >= 0.6 is 0 Å². The number of allylic oxidation sites excluding steroid dienone is 2. The maximum absolute atomic E-state index is 12.4. The third kappa shape index (κ3) is 3.77. The lowest BCUT2D eigenvalue weighted by atomic mass is 9.47. The van der Waals surface area contributed by atoms with Crippen molar-refractivity contribution in [1.29, 1.82) is 0 Å². The summed E-state index contributed by atoms with van der Waals surface area (Å²) in [4.78, 5) is 30.3. The molecule has 8 atom stereocenters. The summed E-state index contributed by atoms with van der Waals surface area (Å²) in [6.45, 7) is 4.41. The monoisotopic (exact) mass is 474 g/mol. The van der Waals surface area contributed by atoms with Gasteiger partial charge in [0.15, 0.2) is 6.61 Å². The van der Waals surface area contributed by atoms with Gasteiger partial charge in [-0.25, -0.2) is 4.79 Å². The molecule has 1 amide bonds. The van der Waals surface area contributed by atoms with Crippen molar-refractivity contribution in [3.8, 4) is 0 Å². The van der Waals surface area contributed by atoms with E-state index in [4.69, 9.17) is 4.84 Å². The van der Waals surface area contributed by atoms with Crippen molar-refractivity contribution < 1.29 is 29.7 Å². The Morgan fingerprint density at radius 2 is 1.91 bits per heavy atom. The van der Waals surface area contributed by atoms with Crippen molar-refractivity contribution in [2.24, 2.45) is 33.7 Å². The summed E-state index contributed by atoms with van der Waals surface area (Å²) in [5.74, 6) is 0.380. The molecule has 0 aromatic heterocycles. The van der Waals surface area contributed by atoms with E-state index in [9.17, 15) is 24.9 Å². The molecule has 3 N–H and O–H groups in total. The second-order valence-corrected chi connectivity index (χ2v) is 11.8. The smallest absolute Gasteiger partial charge is 0.326 e. The fraction of sp³-hybridized carbons (Fsp3) is 0.808. The van der Waals surface area contributed by atoms with Gasteiger partial charge in [0.25, 0.3) is 5.91 Å². The van der Waals surface area contributed by atoms with Crippen LogP contribution in [-0.4, -0.2) is 69.2 Å². The Morgan fingerprint density at radius 1 is 1.12 bits per heavy atom. The van der Waals surface area contributed by atoms with Gasteiger partial charge in [-0.1, -0.05) is 24.6 Å². The highest BCUT2D eigenvalue weighted by atomic mass is 16.6. The normalized spacial score (nSPS) is 44.8. The highest BCUT2D eigenvalue weighted by molar-refractivity contribution is 5.96. The zero-order valence-electron chi connectivity index (χ0n) is 20.3. The lowest BCUT2D eigenvalue weighted by Crippen LogP contribution is -2.51. The lowest BCUT2D eigenvalue weighted by molar-refractivity contribution is -0.150. The van der Waals surface area contributed by atoms with Crippen LogP contribution in [0.15, 0.2) is 16.8 Å². The van der Waals surface area contributed by atoms with Gasteiger partial charge in [-0.05, 0) is 86.0 Å². The number of rotatable bonds is 4. The number of carbonyl (C=O) groups excluding carboxylic acids is 1. The molecule has 0 bridgehead atoms. The number of hydrogen-bond acceptors (Lipinski definition) is 6. The molecule has 5 aliphatic rings. The Balaban J connectivity index is 1.24. The molecule has 3 saturated carbocycles. The Morgan fingerprint density at radius 3 is 2.68 bits per heavy atom. The van der Waals surface area contributed by atoms with Crippen LogP contribution in [0.25, 0.3) is 0 Å². The molecule has 8 nitrogen and oxygen atoms in total. The third-order valence-electron chi connectivity index (χ3n) is 10.2. The summed E-state index contributed by atoms with van der Waals surface area (Å²) < 4.78 is 0. The van der Waals surface area contributed by atoms with Gasteiger partial charge >= 0.3 is 5.97 Å². The number of carboxylic acids is 1. The van der Waals surface area contributed by atoms with Gasteiger partial charge in [0.1, 0.15) is 6.04 Å². The number of carboxylic acid groups (broad SMARTS) is 1. The van der Waals surface area contributed by atoms with Crippen LogP contribution in [0, 0.1) is 28.6 Å². The average molecular weight is 475 g/mol. The molecule has 0 unspecified atom stereocenters. The number of amides is 1. The predicted molar refractivity (Wildman–Crippen MR) is 125 cm³/mol. The van der Waals surface area contributed by atoms with Crippen LogP contribution in [0.3, 0.4) is 0 Å². The first kappa shape index (κ1) is 23.8. The number of aliphatic carboxylic acids is 1. The van der Waals surface area contributed by atoms with Crippen LogP contribution in [0.5, 0.6) is 0 Å². The van der Waals surface area contributed by atoms with Gasteiger partial charge in [-0.3, -0.25) is 4.79 Å². The Bertz CT molecular complexity index is 917. The van der Waals surface area contributed by atoms with E-state index < -0.39 is 24.0 Å². The van der Waals surface area contributed by atoms with Crippen molar-refractivity contribution in [3.05, 3.63) is 11.6 Å². The topological polar surface area (TPSA) is 120 Å². The highest BCUT2D eigenvalue weighted by Crippen LogP contribution is 2.65. The first-order valence-corrected chi connectivity index (χ1v) is 12.9. The van der Waals surface area contributed by atoms with Crippen molar-refractivity contribution >= 4 is 17.6 Å². The standard InChI is InChI=1S/C26H38N2O6/c1-25-9-7-16(27-34-14-23(31)28-13-17(29)12-21(28)24(32)33)11-15(25)3-4-18-19-5-6-22(30)26(19,2)10-8-20(18)25/h11,17-22,29-30H,3-10,12-14H2,1-2H3,(H,32,33)/t17-,18-,19+,20-,21-,22-,25+,26+/m1/s1. The van der Waals surface area contributed by atoms with Gasteiger partial charge < -0.3 is 25.1 Å². The second-order valence-electron chi connectivity index (χ2n) is 11.8. The Hall–Kier alpha value is -1.93. The molecule has 1 saturated heterocycles. The summed E-state index contributed by atoms with van der Waals surface area (Å²) in [5, 5.41) is 33.9. The number of likely N-dealkylation sites (tertiary alicyclic amines) is 1. The molecule has 0 aromatic rings. The number of aliphatic hydroxyl groups is 2. The molecule has 34 heavy (non-hydrogen) atoms. The number of hydrogen-bond donors (Lipinski definition) is 3. The summed E-state index contributed by atoms with van der Waals surface area (Å²) in [7, 11) is 0. The van der Waals surface area contributed by atoms with E-state index in [1.165, 1.54) is 23.3 Å². The summed E-state index contributed by atoms with van der Waals surface area (Å²) in [5.41, 5.74) is 2.52. The SMILES string of the molecule is C[C@]12CC[C@@H]3[C@H](CCC4=CC(=NOCC(=O)N5C[C@H](O)C[C@@H]5C(=O)O)CC[C@@]43C)[C@@H]1CC[C@H]2O. The maximum atomic E-state index is 12.4. The maximum Gasteiger partial charge on any atom is 0.326 e. The van der Waals surface area contributed by atoms with Gasteiger partial charge in [0.05, 0.1) is 17.9 Å². The van der Waals surface area contributed by atoms with E-state index in [0.717, 1.165) is 44.2 Å². The fourth-order valence-electron chi connectivity index (χ4n) is 8.19. The number of carbonyl (C=O) groups is 2. The predicted octanol–water partition coefficient (Wildman–Crippen LogP) is 2.73. The molecular weight excluding hydrogens is 436 g/mol. The summed E-state index contributed by atoms with van der Waals surface area (Å²) >= 11 is 0. The minimum atomic E-state index is -1.11. The zero-order valence-corrected chi connectivity index (χ0v) is 20.3. The van der Waals surface area contributed by atoms with E-state index >= 15 is 0 Å². The molecule has 1 aliphatic heterocycles. The number of fused-ring (bicyclic) bond motifs is 5. The molecule has 8 heteroatoms. The molecule has 1 heterocycles. The van der Waals surface area contributed by atoms with E-state index in [2.05, 4.69) is 25.1 Å². The van der Waals surface area contributed by atoms with Crippen LogP contribution in [0.4, 0.5) is 0 Å². The molecule has 0 aromatic carbocycles. The van der Waals surface area contributed by atoms with Crippen molar-refractivity contribution in [2.45, 2.75) is 89.9 Å².